The van der Waals surface area contributed by atoms with Gasteiger partial charge in [0, 0.05) is 19.3 Å². The Morgan fingerprint density at radius 3 is 0.747 bits per heavy atom. The molecule has 0 amide bonds. The number of ether oxygens (including phenoxy) is 3. The molecule has 0 radical (unpaired) electrons. The summed E-state index contributed by atoms with van der Waals surface area (Å²) in [5.41, 5.74) is 0. The summed E-state index contributed by atoms with van der Waals surface area (Å²) in [6.45, 7) is 6.39. The summed E-state index contributed by atoms with van der Waals surface area (Å²) in [6.07, 6.45) is 100. The molecule has 0 bridgehead atoms. The molecular formula is C77H126O6. The first kappa shape index (κ1) is 78.3. The van der Waals surface area contributed by atoms with Crippen molar-refractivity contribution in [2.24, 2.45) is 0 Å². The number of unbranched alkanes of at least 4 members (excludes halogenated alkanes) is 26. The first-order chi connectivity index (χ1) is 41.0. The standard InChI is InChI=1S/C77H126O6/c1-4-7-10-13-16-19-22-25-27-29-30-31-32-33-34-35-36-37-38-39-40-41-42-43-44-45-46-48-49-52-55-58-61-64-67-70-76(79)82-73-74(72-81-75(78)69-66-63-60-57-54-51-24-21-18-15-12-9-6-3)83-77(80)71-68-65-62-59-56-53-50-47-28-26-23-20-17-14-11-8-5-2/h7-8,10-11,16-17,19-21,24-28,30-31,33-34,36-37,39-40,42-43,74H,4-6,9,12-15,18,22-23,29,32,35,38,41,44-73H2,1-3H3/b10-7-,11-8-,19-16-,20-17-,24-21-,27-25-,28-26-,31-30-,34-33-,37-36-,40-39-,43-42-. The van der Waals surface area contributed by atoms with E-state index in [2.05, 4.69) is 167 Å². The number of allylic oxidation sites excluding steroid dienone is 24. The third kappa shape index (κ3) is 68.0. The van der Waals surface area contributed by atoms with Gasteiger partial charge < -0.3 is 14.2 Å². The number of esters is 3. The number of hydrogen-bond donors (Lipinski definition) is 0. The van der Waals surface area contributed by atoms with Crippen molar-refractivity contribution in [1.82, 2.24) is 0 Å². The van der Waals surface area contributed by atoms with E-state index in [0.29, 0.717) is 19.3 Å². The van der Waals surface area contributed by atoms with E-state index in [1.54, 1.807) is 0 Å². The minimum atomic E-state index is -0.794. The lowest BCUT2D eigenvalue weighted by Crippen LogP contribution is -2.30. The van der Waals surface area contributed by atoms with Gasteiger partial charge in [0.1, 0.15) is 13.2 Å². The topological polar surface area (TPSA) is 78.9 Å². The molecule has 0 aliphatic rings. The molecule has 0 aromatic carbocycles. The predicted octanol–water partition coefficient (Wildman–Crippen LogP) is 23.9. The molecular weight excluding hydrogens is 1020 g/mol. The molecule has 0 aromatic heterocycles. The Kier molecular flexibility index (Phi) is 65.8. The maximum Gasteiger partial charge on any atom is 0.306 e. The van der Waals surface area contributed by atoms with Gasteiger partial charge in [-0.25, -0.2) is 0 Å². The summed E-state index contributed by atoms with van der Waals surface area (Å²) in [6, 6.07) is 0. The van der Waals surface area contributed by atoms with Crippen LogP contribution >= 0.6 is 0 Å². The highest BCUT2D eigenvalue weighted by Crippen LogP contribution is 2.16. The van der Waals surface area contributed by atoms with Gasteiger partial charge in [-0.3, -0.25) is 14.4 Å². The fourth-order valence-corrected chi connectivity index (χ4v) is 9.23. The average molecular weight is 1150 g/mol. The average Bonchev–Trinajstić information content (AvgIpc) is 3.49. The first-order valence-electron chi connectivity index (χ1n) is 34.3. The van der Waals surface area contributed by atoms with Crippen LogP contribution < -0.4 is 0 Å². The molecule has 0 aliphatic carbocycles. The van der Waals surface area contributed by atoms with Crippen LogP contribution in [0, 0.1) is 0 Å². The summed E-state index contributed by atoms with van der Waals surface area (Å²) < 4.78 is 16.9. The van der Waals surface area contributed by atoms with Gasteiger partial charge in [-0.05, 0) is 141 Å². The number of hydrogen-bond acceptors (Lipinski definition) is 6. The lowest BCUT2D eigenvalue weighted by atomic mass is 10.1. The second-order valence-electron chi connectivity index (χ2n) is 22.3. The van der Waals surface area contributed by atoms with E-state index in [0.717, 1.165) is 148 Å². The second-order valence-corrected chi connectivity index (χ2v) is 22.3. The van der Waals surface area contributed by atoms with Gasteiger partial charge in [0.2, 0.25) is 0 Å². The molecule has 0 saturated carbocycles. The maximum atomic E-state index is 12.9. The van der Waals surface area contributed by atoms with Gasteiger partial charge in [-0.1, -0.05) is 289 Å². The third-order valence-corrected chi connectivity index (χ3v) is 14.3. The van der Waals surface area contributed by atoms with Gasteiger partial charge in [-0.2, -0.15) is 0 Å². The zero-order valence-electron chi connectivity index (χ0n) is 53.9. The van der Waals surface area contributed by atoms with Crippen molar-refractivity contribution in [2.75, 3.05) is 13.2 Å². The van der Waals surface area contributed by atoms with Gasteiger partial charge >= 0.3 is 17.9 Å². The zero-order valence-corrected chi connectivity index (χ0v) is 53.9. The number of carbonyl (C=O) groups excluding carboxylic acids is 3. The van der Waals surface area contributed by atoms with E-state index in [4.69, 9.17) is 14.2 Å². The van der Waals surface area contributed by atoms with E-state index >= 15 is 0 Å². The SMILES string of the molecule is CC/C=C\C/C=C\C/C=C\C/C=C\C/C=C\C/C=C\C/C=C\C/C=C\CCCCCCCCCCCCC(=O)OCC(COC(=O)CCCCCCC/C=C\CCCCCC)OC(=O)CCCCCCCCC/C=C\C/C=C\C/C=C\CC. The normalized spacial score (nSPS) is 13.0. The number of carbonyl (C=O) groups is 3. The molecule has 0 N–H and O–H groups in total. The highest BCUT2D eigenvalue weighted by atomic mass is 16.6. The fraction of sp³-hybridized carbons (Fsp3) is 0.649. The first-order valence-corrected chi connectivity index (χ1v) is 34.3. The largest absolute Gasteiger partial charge is 0.462 e. The second kappa shape index (κ2) is 69.8. The monoisotopic (exact) mass is 1150 g/mol. The molecule has 1 atom stereocenters. The highest BCUT2D eigenvalue weighted by molar-refractivity contribution is 5.71. The van der Waals surface area contributed by atoms with Crippen molar-refractivity contribution in [3.8, 4) is 0 Å². The van der Waals surface area contributed by atoms with Crippen LogP contribution in [0.4, 0.5) is 0 Å². The van der Waals surface area contributed by atoms with Crippen LogP contribution in [0.2, 0.25) is 0 Å². The molecule has 83 heavy (non-hydrogen) atoms. The molecule has 6 nitrogen and oxygen atoms in total. The van der Waals surface area contributed by atoms with Crippen LogP contribution in [0.1, 0.15) is 303 Å². The molecule has 0 spiro atoms. The quantitative estimate of drug-likeness (QED) is 0.0261. The van der Waals surface area contributed by atoms with Crippen LogP contribution in [0.5, 0.6) is 0 Å². The molecule has 0 aromatic rings. The van der Waals surface area contributed by atoms with E-state index in [-0.39, 0.29) is 31.1 Å². The van der Waals surface area contributed by atoms with E-state index in [1.165, 1.54) is 116 Å². The van der Waals surface area contributed by atoms with Gasteiger partial charge in [0.15, 0.2) is 6.10 Å². The van der Waals surface area contributed by atoms with Crippen LogP contribution in [-0.4, -0.2) is 37.2 Å². The molecule has 6 heteroatoms. The summed E-state index contributed by atoms with van der Waals surface area (Å²) in [5, 5.41) is 0. The van der Waals surface area contributed by atoms with Gasteiger partial charge in [-0.15, -0.1) is 0 Å². The van der Waals surface area contributed by atoms with E-state index < -0.39 is 6.10 Å². The fourth-order valence-electron chi connectivity index (χ4n) is 9.23. The summed E-state index contributed by atoms with van der Waals surface area (Å²) in [5.74, 6) is -0.909. The molecule has 0 rings (SSSR count). The lowest BCUT2D eigenvalue weighted by Gasteiger charge is -2.18. The van der Waals surface area contributed by atoms with Crippen LogP contribution in [0.15, 0.2) is 146 Å². The Morgan fingerprint density at radius 1 is 0.253 bits per heavy atom. The zero-order chi connectivity index (χ0) is 59.9. The Labute approximate surface area is 512 Å². The smallest absolute Gasteiger partial charge is 0.306 e. The maximum absolute atomic E-state index is 12.9. The highest BCUT2D eigenvalue weighted by Gasteiger charge is 2.19. The summed E-state index contributed by atoms with van der Waals surface area (Å²) in [4.78, 5) is 38.3. The van der Waals surface area contributed by atoms with Crippen molar-refractivity contribution in [3.05, 3.63) is 146 Å². The third-order valence-electron chi connectivity index (χ3n) is 14.3. The molecule has 470 valence electrons. The van der Waals surface area contributed by atoms with Crippen molar-refractivity contribution in [1.29, 1.82) is 0 Å². The van der Waals surface area contributed by atoms with Crippen molar-refractivity contribution >= 4 is 17.9 Å². The summed E-state index contributed by atoms with van der Waals surface area (Å²) >= 11 is 0. The van der Waals surface area contributed by atoms with E-state index in [1.807, 2.05) is 0 Å². The van der Waals surface area contributed by atoms with Crippen molar-refractivity contribution in [2.45, 2.75) is 309 Å². The molecule has 0 saturated heterocycles. The molecule has 1 unspecified atom stereocenters. The van der Waals surface area contributed by atoms with Crippen LogP contribution in [0.3, 0.4) is 0 Å². The van der Waals surface area contributed by atoms with Crippen molar-refractivity contribution in [3.63, 3.8) is 0 Å². The molecule has 0 heterocycles. The molecule has 0 aliphatic heterocycles. The Bertz CT molecular complexity index is 1800. The Hall–Kier alpha value is -4.71. The van der Waals surface area contributed by atoms with E-state index in [9.17, 15) is 14.4 Å². The van der Waals surface area contributed by atoms with Crippen molar-refractivity contribution < 1.29 is 28.6 Å². The minimum absolute atomic E-state index is 0.0898. The number of rotatable bonds is 61. The predicted molar refractivity (Wildman–Crippen MR) is 362 cm³/mol. The minimum Gasteiger partial charge on any atom is -0.462 e. The molecule has 0 fully saturated rings. The lowest BCUT2D eigenvalue weighted by molar-refractivity contribution is -0.167. The Balaban J connectivity index is 4.26. The van der Waals surface area contributed by atoms with Gasteiger partial charge in [0.05, 0.1) is 0 Å². The van der Waals surface area contributed by atoms with Crippen LogP contribution in [-0.2, 0) is 28.6 Å². The summed E-state index contributed by atoms with van der Waals surface area (Å²) in [7, 11) is 0. The van der Waals surface area contributed by atoms with Gasteiger partial charge in [0.25, 0.3) is 0 Å². The van der Waals surface area contributed by atoms with Crippen LogP contribution in [0.25, 0.3) is 0 Å². The Morgan fingerprint density at radius 2 is 0.470 bits per heavy atom.